The van der Waals surface area contributed by atoms with Crippen LogP contribution in [0.25, 0.3) is 22.3 Å². The minimum Gasteiger partial charge on any atom is -0.387 e. The number of hydrogen-bond donors (Lipinski definition) is 12. The van der Waals surface area contributed by atoms with E-state index in [4.69, 9.17) is 43.6 Å². The average molecular weight is 947 g/mol. The quantitative estimate of drug-likeness (QED) is 0.0395. The summed E-state index contributed by atoms with van der Waals surface area (Å²) >= 11 is 0. The first-order chi connectivity index (χ1) is 28.9. The SMILES string of the molecule is Cn1c[n+]([C@@H]2O[C@H](CCOP(=O)(O)O[C@H]3C[C@@H](OP(=O)(O)O)C[C@@H](OP(=O)(O)OC[C@H]4O[C@@H]([n+]5cn(C)c6c(=O)[nH]c(N)nc65)[C@H](O)[C@@H]4O)C3)[C@@H](O)[C@H]2O)c2nc(N)[nH]c(=O)c21. The maximum atomic E-state index is 13.1. The standard InChI is InChI=1S/C29H43N10O20P3/c1-36-9-38(22-16(36)24(44)34-28(30)32-22)26-20(42)18(40)14(55-26)3-4-53-61(49,50)58-12-5-11(57-60(46,47)48)6-13(7-12)59-62(51,52)54-8-15-19(41)21(43)27(56-15)39-10-37(2)17-23(39)33-29(31)35-25(17)45/h9-15,18-21,26-27,40-43H,3-8H2,1-2H3,(H8-2,30,31,32,33,34,35,44,45,46,47,48,49,50,51,52)/p+2/t11-,12+,13-,14-,15-,18-,19-,20-,21-,26-,27-/m1/s1. The van der Waals surface area contributed by atoms with Crippen molar-refractivity contribution in [3.63, 3.8) is 0 Å². The van der Waals surface area contributed by atoms with E-state index in [1.165, 1.54) is 45.0 Å². The van der Waals surface area contributed by atoms with Crippen LogP contribution in [0.5, 0.6) is 0 Å². The summed E-state index contributed by atoms with van der Waals surface area (Å²) in [6, 6.07) is 0. The van der Waals surface area contributed by atoms with E-state index < -0.39 is 134 Å². The van der Waals surface area contributed by atoms with Crippen LogP contribution in [0, 0.1) is 0 Å². The predicted octanol–water partition coefficient (Wildman–Crippen LogP) is -4.43. The van der Waals surface area contributed by atoms with Gasteiger partial charge in [0, 0.05) is 25.7 Å². The summed E-state index contributed by atoms with van der Waals surface area (Å²) in [5.41, 5.74) is 10.3. The van der Waals surface area contributed by atoms with Crippen LogP contribution in [0.3, 0.4) is 0 Å². The molecule has 4 aromatic rings. The minimum atomic E-state index is -5.19. The number of ether oxygens (including phenoxy) is 2. The van der Waals surface area contributed by atoms with Gasteiger partial charge in [-0.05, 0) is 0 Å². The molecule has 1 aliphatic carbocycles. The number of phosphoric ester groups is 3. The molecule has 3 fully saturated rings. The molecule has 2 unspecified atom stereocenters. The lowest BCUT2D eigenvalue weighted by Crippen LogP contribution is -2.46. The number of H-pyrrole nitrogens is 2. The number of anilines is 2. The maximum absolute atomic E-state index is 13.1. The molecule has 1 saturated carbocycles. The van der Waals surface area contributed by atoms with Gasteiger partial charge in [-0.15, -0.1) is 0 Å². The molecule has 2 aliphatic heterocycles. The van der Waals surface area contributed by atoms with Crippen LogP contribution in [-0.4, -0.2) is 137 Å². The normalized spacial score (nSPS) is 31.5. The van der Waals surface area contributed by atoms with Crippen molar-refractivity contribution in [1.29, 1.82) is 0 Å². The molecule has 30 nitrogen and oxygen atoms in total. The molecule has 13 atom stereocenters. The Morgan fingerprint density at radius 1 is 0.710 bits per heavy atom. The smallest absolute Gasteiger partial charge is 0.387 e. The molecular weight excluding hydrogens is 901 g/mol. The zero-order valence-electron chi connectivity index (χ0n) is 32.4. The highest BCUT2D eigenvalue weighted by Crippen LogP contribution is 2.52. The van der Waals surface area contributed by atoms with E-state index in [1.54, 1.807) is 0 Å². The molecule has 0 amide bonds. The summed E-state index contributed by atoms with van der Waals surface area (Å²) in [6.45, 7) is -1.47. The highest BCUT2D eigenvalue weighted by Gasteiger charge is 2.50. The number of imidazole rings is 2. The van der Waals surface area contributed by atoms with E-state index >= 15 is 0 Å². The Morgan fingerprint density at radius 2 is 1.13 bits per heavy atom. The summed E-state index contributed by atoms with van der Waals surface area (Å²) < 4.78 is 80.1. The Kier molecular flexibility index (Phi) is 13.0. The fourth-order valence-corrected chi connectivity index (χ4v) is 10.2. The van der Waals surface area contributed by atoms with E-state index in [-0.39, 0.29) is 40.6 Å². The largest absolute Gasteiger partial charge is 0.472 e. The summed E-state index contributed by atoms with van der Waals surface area (Å²) in [6.07, 6.45) is -15.1. The predicted molar refractivity (Wildman–Crippen MR) is 200 cm³/mol. The number of phosphoric acid groups is 3. The first-order valence-electron chi connectivity index (χ1n) is 18.5. The van der Waals surface area contributed by atoms with Crippen molar-refractivity contribution in [2.24, 2.45) is 14.1 Å². The number of nitrogens with one attached hydrogen (secondary N) is 2. The van der Waals surface area contributed by atoms with E-state index in [0.29, 0.717) is 0 Å². The van der Waals surface area contributed by atoms with Crippen molar-refractivity contribution < 1.29 is 94.9 Å². The van der Waals surface area contributed by atoms with Crippen molar-refractivity contribution in [3.8, 4) is 0 Å². The van der Waals surface area contributed by atoms with Crippen LogP contribution in [0.15, 0.2) is 22.2 Å². The number of fused-ring (bicyclic) bond motifs is 2. The van der Waals surface area contributed by atoms with Gasteiger partial charge in [-0.25, -0.2) is 22.8 Å². The summed E-state index contributed by atoms with van der Waals surface area (Å²) in [4.78, 5) is 77.8. The number of rotatable bonds is 15. The molecule has 2 saturated heterocycles. The zero-order valence-corrected chi connectivity index (χ0v) is 35.1. The second-order valence-electron chi connectivity index (χ2n) is 14.8. The average Bonchev–Trinajstić information content (AvgIpc) is 3.83. The third-order valence-electron chi connectivity index (χ3n) is 10.3. The van der Waals surface area contributed by atoms with Gasteiger partial charge < -0.3 is 60.9 Å². The van der Waals surface area contributed by atoms with Crippen LogP contribution < -0.4 is 31.7 Å². The summed E-state index contributed by atoms with van der Waals surface area (Å²) in [7, 11) is -12.4. The van der Waals surface area contributed by atoms with Crippen LogP contribution >= 0.6 is 23.5 Å². The molecule has 0 spiro atoms. The van der Waals surface area contributed by atoms with Crippen molar-refractivity contribution >= 4 is 57.7 Å². The van der Waals surface area contributed by atoms with E-state index in [0.717, 1.165) is 0 Å². The van der Waals surface area contributed by atoms with Crippen LogP contribution in [0.1, 0.15) is 38.1 Å². The minimum absolute atomic E-state index is 0.0154. The Morgan fingerprint density at radius 3 is 1.60 bits per heavy atom. The fourth-order valence-electron chi connectivity index (χ4n) is 7.71. The highest BCUT2D eigenvalue weighted by atomic mass is 31.2. The molecule has 4 aromatic heterocycles. The molecular formula is C29H45N10O20P3+2. The molecule has 33 heteroatoms. The fraction of sp³-hybridized carbons (Fsp3) is 0.655. The van der Waals surface area contributed by atoms with Gasteiger partial charge in [-0.1, -0.05) is 9.97 Å². The van der Waals surface area contributed by atoms with E-state index in [2.05, 4.69) is 19.9 Å². The molecule has 62 heavy (non-hydrogen) atoms. The molecule has 0 bridgehead atoms. The molecule has 3 aliphatic rings. The van der Waals surface area contributed by atoms with Gasteiger partial charge in [-0.2, -0.15) is 0 Å². The zero-order chi connectivity index (χ0) is 45.2. The van der Waals surface area contributed by atoms with E-state index in [1.807, 2.05) is 0 Å². The van der Waals surface area contributed by atoms with Gasteiger partial charge in [0.05, 0.1) is 51.7 Å². The maximum Gasteiger partial charge on any atom is 0.472 e. The molecule has 0 aromatic carbocycles. The number of nitrogens with zero attached hydrogens (tertiary/aromatic N) is 6. The van der Waals surface area contributed by atoms with Gasteiger partial charge in [0.1, 0.15) is 30.5 Å². The Hall–Kier alpha value is -3.61. The summed E-state index contributed by atoms with van der Waals surface area (Å²) in [5, 5.41) is 43.0. The Balaban J connectivity index is 0.954. The number of nitrogen functional groups attached to an aromatic ring is 2. The third-order valence-corrected chi connectivity index (χ3v) is 13.0. The Labute approximate surface area is 346 Å². The van der Waals surface area contributed by atoms with Crippen LogP contribution in [0.2, 0.25) is 0 Å². The van der Waals surface area contributed by atoms with Crippen molar-refractivity contribution in [3.05, 3.63) is 33.4 Å². The lowest BCUT2D eigenvalue weighted by atomic mass is 9.93. The molecule has 344 valence electrons. The number of aromatic amines is 2. The monoisotopic (exact) mass is 946 g/mol. The number of aliphatic hydroxyl groups is 4. The van der Waals surface area contributed by atoms with Gasteiger partial charge in [0.25, 0.3) is 23.0 Å². The Bertz CT molecular complexity index is 2580. The first-order valence-corrected chi connectivity index (χ1v) is 23.0. The van der Waals surface area contributed by atoms with E-state index in [9.17, 15) is 63.3 Å². The number of aromatic nitrogens is 8. The molecule has 6 heterocycles. The lowest BCUT2D eigenvalue weighted by Gasteiger charge is -2.35. The van der Waals surface area contributed by atoms with Crippen molar-refractivity contribution in [2.45, 2.75) is 93.1 Å². The number of nitrogens with two attached hydrogens (primary N) is 2. The number of aryl methyl sites for hydroxylation is 2. The first kappa shape index (κ1) is 46.4. The topological polar surface area (TPSA) is 439 Å². The van der Waals surface area contributed by atoms with Crippen molar-refractivity contribution in [1.82, 2.24) is 29.1 Å². The van der Waals surface area contributed by atoms with Gasteiger partial charge in [0.2, 0.25) is 23.5 Å². The molecule has 7 rings (SSSR count). The van der Waals surface area contributed by atoms with Crippen LogP contribution in [0.4, 0.5) is 11.9 Å². The highest BCUT2D eigenvalue weighted by molar-refractivity contribution is 7.47. The summed E-state index contributed by atoms with van der Waals surface area (Å²) in [5.74, 6) is -0.468. The number of aliphatic hydroxyl groups excluding tert-OH is 4. The van der Waals surface area contributed by atoms with Crippen LogP contribution in [-0.2, 0) is 59.9 Å². The van der Waals surface area contributed by atoms with Gasteiger partial charge in [-0.3, -0.25) is 51.3 Å². The van der Waals surface area contributed by atoms with Gasteiger partial charge in [0.15, 0.2) is 12.7 Å². The van der Waals surface area contributed by atoms with Gasteiger partial charge >= 0.3 is 34.8 Å². The number of hydrogen-bond acceptors (Lipinski definition) is 20. The third kappa shape index (κ3) is 9.87. The lowest BCUT2D eigenvalue weighted by molar-refractivity contribution is -0.746. The second kappa shape index (κ2) is 17.4. The van der Waals surface area contributed by atoms with Crippen molar-refractivity contribution in [2.75, 3.05) is 24.7 Å². The molecule has 14 N–H and O–H groups in total. The second-order valence-corrected chi connectivity index (χ2v) is 18.8. The molecule has 0 radical (unpaired) electrons.